The molecule has 13 heavy (non-hydrogen) atoms. The smallest absolute Gasteiger partial charge is 0.0249 e. The van der Waals surface area contributed by atoms with Crippen LogP contribution in [0.3, 0.4) is 0 Å². The molecular weight excluding hydrogens is 178 g/mol. The van der Waals surface area contributed by atoms with Gasteiger partial charge in [-0.05, 0) is 43.2 Å². The van der Waals surface area contributed by atoms with Gasteiger partial charge in [0.2, 0.25) is 0 Å². The third kappa shape index (κ3) is 4.19. The van der Waals surface area contributed by atoms with E-state index in [1.807, 2.05) is 0 Å². The van der Waals surface area contributed by atoms with Crippen LogP contribution in [0.15, 0.2) is 12.7 Å². The van der Waals surface area contributed by atoms with Gasteiger partial charge in [-0.1, -0.05) is 13.0 Å². The van der Waals surface area contributed by atoms with E-state index < -0.39 is 0 Å². The zero-order valence-electron chi connectivity index (χ0n) is 8.59. The molecule has 0 amide bonds. The molecular formula is C11H21NS. The maximum Gasteiger partial charge on any atom is 0.0249 e. The molecule has 2 heteroatoms. The van der Waals surface area contributed by atoms with Gasteiger partial charge >= 0.3 is 0 Å². The summed E-state index contributed by atoms with van der Waals surface area (Å²) < 4.78 is 0. The van der Waals surface area contributed by atoms with Crippen molar-refractivity contribution in [3.63, 3.8) is 0 Å². The largest absolute Gasteiger partial charge is 0.311 e. The van der Waals surface area contributed by atoms with Crippen molar-refractivity contribution in [1.29, 1.82) is 0 Å². The van der Waals surface area contributed by atoms with E-state index in [0.29, 0.717) is 6.04 Å². The zero-order chi connectivity index (χ0) is 9.52. The lowest BCUT2D eigenvalue weighted by Crippen LogP contribution is -2.30. The fraction of sp³-hybridized carbons (Fsp3) is 0.818. The maximum absolute atomic E-state index is 3.88. The molecule has 1 rings (SSSR count). The van der Waals surface area contributed by atoms with Crippen LogP contribution in [0.5, 0.6) is 0 Å². The summed E-state index contributed by atoms with van der Waals surface area (Å²) in [4.78, 5) is 0. The van der Waals surface area contributed by atoms with Crippen LogP contribution in [0, 0.1) is 5.92 Å². The summed E-state index contributed by atoms with van der Waals surface area (Å²) in [5.41, 5.74) is 0. The molecule has 0 spiro atoms. The van der Waals surface area contributed by atoms with Gasteiger partial charge in [-0.2, -0.15) is 11.8 Å². The standard InChI is InChI=1S/C11H21NS/c1-3-11(12-4-2)9-10-5-7-13-8-6-10/h3,10-12H,1,4-9H2,2H3. The Morgan fingerprint density at radius 1 is 1.54 bits per heavy atom. The first-order valence-electron chi connectivity index (χ1n) is 5.30. The molecule has 1 saturated heterocycles. The quantitative estimate of drug-likeness (QED) is 0.683. The molecule has 1 aliphatic heterocycles. The second kappa shape index (κ2) is 6.50. The van der Waals surface area contributed by atoms with Crippen LogP contribution in [0.4, 0.5) is 0 Å². The first-order valence-corrected chi connectivity index (χ1v) is 6.46. The Balaban J connectivity index is 2.22. The molecule has 1 unspecified atom stereocenters. The fourth-order valence-electron chi connectivity index (χ4n) is 1.87. The van der Waals surface area contributed by atoms with E-state index in [4.69, 9.17) is 0 Å². The Morgan fingerprint density at radius 2 is 2.23 bits per heavy atom. The Labute approximate surface area is 86.4 Å². The summed E-state index contributed by atoms with van der Waals surface area (Å²) >= 11 is 2.10. The molecule has 76 valence electrons. The van der Waals surface area contributed by atoms with Crippen molar-refractivity contribution in [2.24, 2.45) is 5.92 Å². The molecule has 0 radical (unpaired) electrons. The van der Waals surface area contributed by atoms with Crippen LogP contribution in [0.1, 0.15) is 26.2 Å². The third-order valence-corrected chi connectivity index (χ3v) is 3.73. The van der Waals surface area contributed by atoms with Crippen molar-refractivity contribution in [1.82, 2.24) is 5.32 Å². The first-order chi connectivity index (χ1) is 6.36. The minimum atomic E-state index is 0.540. The number of likely N-dealkylation sites (N-methyl/N-ethyl adjacent to an activating group) is 1. The first kappa shape index (κ1) is 11.1. The molecule has 0 aliphatic carbocycles. The van der Waals surface area contributed by atoms with Crippen LogP contribution in [0.2, 0.25) is 0 Å². The van der Waals surface area contributed by atoms with Crippen molar-refractivity contribution in [2.75, 3.05) is 18.1 Å². The minimum Gasteiger partial charge on any atom is -0.311 e. The number of nitrogens with one attached hydrogen (secondary N) is 1. The third-order valence-electron chi connectivity index (χ3n) is 2.68. The molecule has 1 atom stereocenters. The number of thioether (sulfide) groups is 1. The van der Waals surface area contributed by atoms with Crippen LogP contribution in [-0.4, -0.2) is 24.1 Å². The SMILES string of the molecule is C=CC(CC1CCSCC1)NCC. The molecule has 0 bridgehead atoms. The number of hydrogen-bond acceptors (Lipinski definition) is 2. The van der Waals surface area contributed by atoms with E-state index in [0.717, 1.165) is 12.5 Å². The summed E-state index contributed by atoms with van der Waals surface area (Å²) in [6.45, 7) is 7.09. The highest BCUT2D eigenvalue weighted by Crippen LogP contribution is 2.26. The zero-order valence-corrected chi connectivity index (χ0v) is 9.41. The number of hydrogen-bond donors (Lipinski definition) is 1. The second-order valence-electron chi connectivity index (χ2n) is 3.69. The van der Waals surface area contributed by atoms with Crippen molar-refractivity contribution in [2.45, 2.75) is 32.2 Å². The van der Waals surface area contributed by atoms with Crippen molar-refractivity contribution in [3.8, 4) is 0 Å². The summed E-state index contributed by atoms with van der Waals surface area (Å²) in [5.74, 6) is 3.66. The molecule has 1 aliphatic rings. The molecule has 1 N–H and O–H groups in total. The van der Waals surface area contributed by atoms with Gasteiger partial charge in [-0.3, -0.25) is 0 Å². The van der Waals surface area contributed by atoms with Gasteiger partial charge in [0.05, 0.1) is 0 Å². The Bertz CT molecular complexity index is 141. The number of rotatable bonds is 5. The molecule has 1 fully saturated rings. The van der Waals surface area contributed by atoms with Gasteiger partial charge in [0.15, 0.2) is 0 Å². The average Bonchev–Trinajstić information content (AvgIpc) is 2.19. The second-order valence-corrected chi connectivity index (χ2v) is 4.92. The highest BCUT2D eigenvalue weighted by atomic mass is 32.2. The van der Waals surface area contributed by atoms with E-state index >= 15 is 0 Å². The van der Waals surface area contributed by atoms with Gasteiger partial charge < -0.3 is 5.32 Å². The summed E-state index contributed by atoms with van der Waals surface area (Å²) in [5, 5.41) is 3.45. The van der Waals surface area contributed by atoms with Crippen LogP contribution in [-0.2, 0) is 0 Å². The van der Waals surface area contributed by atoms with Crippen LogP contribution < -0.4 is 5.32 Å². The van der Waals surface area contributed by atoms with E-state index in [9.17, 15) is 0 Å². The highest BCUT2D eigenvalue weighted by Gasteiger charge is 2.16. The topological polar surface area (TPSA) is 12.0 Å². The predicted octanol–water partition coefficient (Wildman–Crippen LogP) is 2.68. The fourth-order valence-corrected chi connectivity index (χ4v) is 3.07. The Hall–Kier alpha value is 0.0500. The van der Waals surface area contributed by atoms with Crippen molar-refractivity contribution in [3.05, 3.63) is 12.7 Å². The van der Waals surface area contributed by atoms with Gasteiger partial charge in [-0.25, -0.2) is 0 Å². The molecule has 0 saturated carbocycles. The van der Waals surface area contributed by atoms with E-state index in [-0.39, 0.29) is 0 Å². The monoisotopic (exact) mass is 199 g/mol. The molecule has 0 aromatic rings. The van der Waals surface area contributed by atoms with Crippen molar-refractivity contribution >= 4 is 11.8 Å². The maximum atomic E-state index is 3.88. The van der Waals surface area contributed by atoms with Crippen LogP contribution in [0.25, 0.3) is 0 Å². The lowest BCUT2D eigenvalue weighted by atomic mass is 9.94. The van der Waals surface area contributed by atoms with E-state index in [1.54, 1.807) is 0 Å². The van der Waals surface area contributed by atoms with Gasteiger partial charge in [0, 0.05) is 6.04 Å². The average molecular weight is 199 g/mol. The summed E-state index contributed by atoms with van der Waals surface area (Å²) in [6.07, 6.45) is 6.16. The molecule has 0 aromatic carbocycles. The van der Waals surface area contributed by atoms with Gasteiger partial charge in [-0.15, -0.1) is 6.58 Å². The molecule has 0 aromatic heterocycles. The summed E-state index contributed by atoms with van der Waals surface area (Å²) in [6, 6.07) is 0.540. The van der Waals surface area contributed by atoms with Gasteiger partial charge in [0.25, 0.3) is 0 Å². The normalized spacial score (nSPS) is 21.3. The Morgan fingerprint density at radius 3 is 2.77 bits per heavy atom. The lowest BCUT2D eigenvalue weighted by Gasteiger charge is -2.25. The van der Waals surface area contributed by atoms with Crippen molar-refractivity contribution < 1.29 is 0 Å². The highest BCUT2D eigenvalue weighted by molar-refractivity contribution is 7.99. The van der Waals surface area contributed by atoms with Crippen LogP contribution >= 0.6 is 11.8 Å². The van der Waals surface area contributed by atoms with Gasteiger partial charge in [0.1, 0.15) is 0 Å². The molecule has 1 heterocycles. The minimum absolute atomic E-state index is 0.540. The molecule has 1 nitrogen and oxygen atoms in total. The predicted molar refractivity (Wildman–Crippen MR) is 62.3 cm³/mol. The Kier molecular flexibility index (Phi) is 5.56. The summed E-state index contributed by atoms with van der Waals surface area (Å²) in [7, 11) is 0. The van der Waals surface area contributed by atoms with E-state index in [1.165, 1.54) is 30.8 Å². The lowest BCUT2D eigenvalue weighted by molar-refractivity contribution is 0.403. The van der Waals surface area contributed by atoms with E-state index in [2.05, 4.69) is 36.7 Å².